The molecule has 0 unspecified atom stereocenters. The van der Waals surface area contributed by atoms with E-state index in [4.69, 9.17) is 16.3 Å². The van der Waals surface area contributed by atoms with Crippen LogP contribution in [-0.4, -0.2) is 32.7 Å². The van der Waals surface area contributed by atoms with Gasteiger partial charge in [-0.1, -0.05) is 29.8 Å². The highest BCUT2D eigenvalue weighted by Crippen LogP contribution is 2.16. The summed E-state index contributed by atoms with van der Waals surface area (Å²) in [5.74, 6) is 0.560. The largest absolute Gasteiger partial charge is 0.484 e. The number of hydrogen-bond acceptors (Lipinski definition) is 3. The van der Waals surface area contributed by atoms with Crippen molar-refractivity contribution in [3.05, 3.63) is 59.6 Å². The number of amides is 1. The lowest BCUT2D eigenvalue weighted by molar-refractivity contribution is -0.123. The van der Waals surface area contributed by atoms with Gasteiger partial charge in [-0.3, -0.25) is 4.79 Å². The molecule has 0 heterocycles. The Bertz CT molecular complexity index is 587. The molecule has 0 fully saturated rings. The molecule has 2 rings (SSSR count). The topological polar surface area (TPSA) is 41.6 Å². The number of likely N-dealkylation sites (N-methyl/N-ethyl adjacent to an activating group) is 1. The summed E-state index contributed by atoms with van der Waals surface area (Å²) in [6, 6.07) is 16.9. The fraction of sp³-hybridized carbons (Fsp3) is 0.235. The normalized spacial score (nSPS) is 10.1. The van der Waals surface area contributed by atoms with Crippen molar-refractivity contribution in [1.29, 1.82) is 0 Å². The van der Waals surface area contributed by atoms with Gasteiger partial charge in [-0.15, -0.1) is 0 Å². The van der Waals surface area contributed by atoms with Crippen LogP contribution in [0.1, 0.15) is 0 Å². The number of nitrogens with zero attached hydrogens (tertiary/aromatic N) is 1. The molecule has 0 aliphatic rings. The molecule has 0 radical (unpaired) electrons. The van der Waals surface area contributed by atoms with E-state index in [2.05, 4.69) is 10.2 Å². The molecule has 5 heteroatoms. The van der Waals surface area contributed by atoms with Crippen LogP contribution in [0.5, 0.6) is 5.75 Å². The standard InChI is InChI=1S/C17H19ClN2O2/c1-20(15-9-7-14(18)8-10-15)12-11-19-17(21)13-22-16-5-3-2-4-6-16/h2-10H,11-13H2,1H3,(H,19,21). The maximum absolute atomic E-state index is 11.7. The molecule has 22 heavy (non-hydrogen) atoms. The van der Waals surface area contributed by atoms with Gasteiger partial charge in [0.15, 0.2) is 6.61 Å². The molecule has 2 aromatic carbocycles. The number of hydrogen-bond donors (Lipinski definition) is 1. The van der Waals surface area contributed by atoms with Crippen molar-refractivity contribution in [2.24, 2.45) is 0 Å². The molecule has 0 spiro atoms. The summed E-state index contributed by atoms with van der Waals surface area (Å²) < 4.78 is 5.38. The quantitative estimate of drug-likeness (QED) is 0.853. The van der Waals surface area contributed by atoms with Crippen molar-refractivity contribution < 1.29 is 9.53 Å². The van der Waals surface area contributed by atoms with Gasteiger partial charge in [0.05, 0.1) is 0 Å². The van der Waals surface area contributed by atoms with E-state index < -0.39 is 0 Å². The number of carbonyl (C=O) groups excluding carboxylic acids is 1. The van der Waals surface area contributed by atoms with Crippen molar-refractivity contribution in [3.63, 3.8) is 0 Å². The minimum atomic E-state index is -0.131. The Labute approximate surface area is 135 Å². The number of benzene rings is 2. The SMILES string of the molecule is CN(CCNC(=O)COc1ccccc1)c1ccc(Cl)cc1. The second kappa shape index (κ2) is 8.29. The maximum atomic E-state index is 11.7. The van der Waals surface area contributed by atoms with Crippen LogP contribution >= 0.6 is 11.6 Å². The summed E-state index contributed by atoms with van der Waals surface area (Å²) in [4.78, 5) is 13.8. The van der Waals surface area contributed by atoms with E-state index in [0.717, 1.165) is 5.69 Å². The molecule has 1 N–H and O–H groups in total. The number of carbonyl (C=O) groups is 1. The van der Waals surface area contributed by atoms with Gasteiger partial charge >= 0.3 is 0 Å². The maximum Gasteiger partial charge on any atom is 0.258 e. The van der Waals surface area contributed by atoms with Crippen LogP contribution in [0.3, 0.4) is 0 Å². The third-order valence-electron chi connectivity index (χ3n) is 3.15. The van der Waals surface area contributed by atoms with Gasteiger partial charge in [0.25, 0.3) is 5.91 Å². The number of anilines is 1. The summed E-state index contributed by atoms with van der Waals surface area (Å²) in [5, 5.41) is 3.54. The van der Waals surface area contributed by atoms with Crippen LogP contribution in [-0.2, 0) is 4.79 Å². The second-order valence-electron chi connectivity index (χ2n) is 4.85. The molecule has 0 atom stereocenters. The number of para-hydroxylation sites is 1. The van der Waals surface area contributed by atoms with E-state index in [0.29, 0.717) is 23.9 Å². The first-order valence-electron chi connectivity index (χ1n) is 7.06. The van der Waals surface area contributed by atoms with Gasteiger partial charge in [-0.05, 0) is 36.4 Å². The van der Waals surface area contributed by atoms with E-state index in [1.54, 1.807) is 0 Å². The Morgan fingerprint density at radius 3 is 2.50 bits per heavy atom. The van der Waals surface area contributed by atoms with E-state index >= 15 is 0 Å². The predicted octanol–water partition coefficient (Wildman–Crippen LogP) is 2.97. The molecule has 0 aromatic heterocycles. The van der Waals surface area contributed by atoms with Crippen LogP contribution in [0.2, 0.25) is 5.02 Å². The highest BCUT2D eigenvalue weighted by Gasteiger charge is 2.04. The molecule has 4 nitrogen and oxygen atoms in total. The lowest BCUT2D eigenvalue weighted by atomic mass is 10.3. The zero-order valence-corrected chi connectivity index (χ0v) is 13.2. The highest BCUT2D eigenvalue weighted by atomic mass is 35.5. The second-order valence-corrected chi connectivity index (χ2v) is 5.29. The third kappa shape index (κ3) is 5.30. The van der Waals surface area contributed by atoms with Gasteiger partial charge in [-0.25, -0.2) is 0 Å². The molecule has 0 aliphatic heterocycles. The third-order valence-corrected chi connectivity index (χ3v) is 3.40. The molecule has 0 saturated heterocycles. The lowest BCUT2D eigenvalue weighted by Crippen LogP contribution is -2.35. The Kier molecular flexibility index (Phi) is 6.10. The highest BCUT2D eigenvalue weighted by molar-refractivity contribution is 6.30. The van der Waals surface area contributed by atoms with Crippen LogP contribution in [0.25, 0.3) is 0 Å². The molecular weight excluding hydrogens is 300 g/mol. The summed E-state index contributed by atoms with van der Waals surface area (Å²) in [7, 11) is 1.97. The number of rotatable bonds is 7. The average Bonchev–Trinajstić information content (AvgIpc) is 2.54. The monoisotopic (exact) mass is 318 g/mol. The van der Waals surface area contributed by atoms with Crippen LogP contribution in [0.4, 0.5) is 5.69 Å². The number of nitrogens with one attached hydrogen (secondary N) is 1. The average molecular weight is 319 g/mol. The molecule has 0 aliphatic carbocycles. The number of halogens is 1. The molecular formula is C17H19ClN2O2. The van der Waals surface area contributed by atoms with Gasteiger partial charge < -0.3 is 15.0 Å². The zero-order chi connectivity index (χ0) is 15.8. The predicted molar refractivity (Wildman–Crippen MR) is 89.7 cm³/mol. The van der Waals surface area contributed by atoms with Crippen molar-refractivity contribution in [1.82, 2.24) is 5.32 Å². The van der Waals surface area contributed by atoms with Crippen molar-refractivity contribution in [3.8, 4) is 5.75 Å². The lowest BCUT2D eigenvalue weighted by Gasteiger charge is -2.19. The van der Waals surface area contributed by atoms with E-state index in [1.807, 2.05) is 61.6 Å². The molecule has 0 saturated carbocycles. The minimum absolute atomic E-state index is 0.0225. The molecule has 0 bridgehead atoms. The van der Waals surface area contributed by atoms with E-state index in [-0.39, 0.29) is 12.5 Å². The van der Waals surface area contributed by atoms with Crippen LogP contribution in [0.15, 0.2) is 54.6 Å². The molecule has 116 valence electrons. The Morgan fingerprint density at radius 2 is 1.82 bits per heavy atom. The van der Waals surface area contributed by atoms with Gasteiger partial charge in [0.2, 0.25) is 0 Å². The molecule has 2 aromatic rings. The van der Waals surface area contributed by atoms with E-state index in [9.17, 15) is 4.79 Å². The van der Waals surface area contributed by atoms with E-state index in [1.165, 1.54) is 0 Å². The Hall–Kier alpha value is -2.20. The van der Waals surface area contributed by atoms with Gasteiger partial charge in [0.1, 0.15) is 5.75 Å². The summed E-state index contributed by atoms with van der Waals surface area (Å²) in [5.41, 5.74) is 1.05. The smallest absolute Gasteiger partial charge is 0.258 e. The fourth-order valence-electron chi connectivity index (χ4n) is 1.90. The van der Waals surface area contributed by atoms with Gasteiger partial charge in [-0.2, -0.15) is 0 Å². The van der Waals surface area contributed by atoms with Crippen molar-refractivity contribution in [2.45, 2.75) is 0 Å². The van der Waals surface area contributed by atoms with Crippen molar-refractivity contribution in [2.75, 3.05) is 31.6 Å². The van der Waals surface area contributed by atoms with Crippen LogP contribution < -0.4 is 15.0 Å². The Balaban J connectivity index is 1.67. The zero-order valence-electron chi connectivity index (χ0n) is 12.5. The fourth-order valence-corrected chi connectivity index (χ4v) is 2.03. The first-order valence-corrected chi connectivity index (χ1v) is 7.44. The van der Waals surface area contributed by atoms with Crippen molar-refractivity contribution >= 4 is 23.2 Å². The first-order chi connectivity index (χ1) is 10.6. The minimum Gasteiger partial charge on any atom is -0.484 e. The number of ether oxygens (including phenoxy) is 1. The first kappa shape index (κ1) is 16.2. The summed E-state index contributed by atoms with van der Waals surface area (Å²) >= 11 is 5.86. The summed E-state index contributed by atoms with van der Waals surface area (Å²) in [6.07, 6.45) is 0. The molecule has 1 amide bonds. The van der Waals surface area contributed by atoms with Crippen LogP contribution in [0, 0.1) is 0 Å². The summed E-state index contributed by atoms with van der Waals surface area (Å²) in [6.45, 7) is 1.28. The Morgan fingerprint density at radius 1 is 1.14 bits per heavy atom. The van der Waals surface area contributed by atoms with Gasteiger partial charge in [0, 0.05) is 30.8 Å².